The maximum absolute atomic E-state index is 12.9. The van der Waals surface area contributed by atoms with Gasteiger partial charge in [-0.25, -0.2) is 9.59 Å². The predicted octanol–water partition coefficient (Wildman–Crippen LogP) is 6.59. The van der Waals surface area contributed by atoms with E-state index in [1.165, 1.54) is 18.2 Å². The van der Waals surface area contributed by atoms with Crippen LogP contribution < -0.4 is 5.32 Å². The molecule has 0 bridgehead atoms. The number of fused-ring (bicyclic) bond motifs is 3. The summed E-state index contributed by atoms with van der Waals surface area (Å²) >= 11 is 6.40. The van der Waals surface area contributed by atoms with Crippen LogP contribution in [0.25, 0.3) is 17.2 Å². The zero-order chi connectivity index (χ0) is 28.7. The van der Waals surface area contributed by atoms with E-state index in [2.05, 4.69) is 29.6 Å². The van der Waals surface area contributed by atoms with Gasteiger partial charge >= 0.3 is 19.2 Å². The molecule has 1 saturated heterocycles. The summed E-state index contributed by atoms with van der Waals surface area (Å²) in [7, 11) is -0.788. The molecule has 0 unspecified atom stereocenters. The fourth-order valence-corrected chi connectivity index (χ4v) is 5.18. The lowest BCUT2D eigenvalue weighted by Crippen LogP contribution is -2.41. The average molecular weight is 560 g/mol. The van der Waals surface area contributed by atoms with Crippen molar-refractivity contribution < 1.29 is 28.7 Å². The molecule has 1 aliphatic carbocycles. The SMILES string of the molecule is CC1(C)OB(C(=Cc2cc(C(=O)O)ccc2Cl)CNC(=O)OCC2c3ccccc3-c3ccccc32)OC1(C)C. The highest BCUT2D eigenvalue weighted by Gasteiger charge is 2.52. The van der Waals surface area contributed by atoms with Crippen LogP contribution in [0.1, 0.15) is 60.7 Å². The molecule has 40 heavy (non-hydrogen) atoms. The number of alkyl carbamates (subject to hydrolysis) is 1. The number of hydrogen-bond acceptors (Lipinski definition) is 5. The Morgan fingerprint density at radius 2 is 1.55 bits per heavy atom. The number of carboxylic acids is 1. The van der Waals surface area contributed by atoms with Crippen molar-refractivity contribution in [2.75, 3.05) is 13.2 Å². The number of rotatable bonds is 7. The molecule has 1 amide bonds. The Balaban J connectivity index is 1.34. The van der Waals surface area contributed by atoms with E-state index in [0.717, 1.165) is 22.3 Å². The molecular formula is C31H31BClNO6. The first-order valence-electron chi connectivity index (χ1n) is 13.1. The summed E-state index contributed by atoms with van der Waals surface area (Å²) in [6.07, 6.45) is 1.11. The van der Waals surface area contributed by atoms with Gasteiger partial charge in [0.1, 0.15) is 6.61 Å². The van der Waals surface area contributed by atoms with Crippen LogP contribution in [0.5, 0.6) is 0 Å². The Kier molecular flexibility index (Phi) is 7.53. The molecule has 0 aromatic heterocycles. The Bertz CT molecular complexity index is 1440. The minimum Gasteiger partial charge on any atom is -0.478 e. The maximum atomic E-state index is 12.9. The van der Waals surface area contributed by atoms with Gasteiger partial charge in [0, 0.05) is 17.5 Å². The largest absolute Gasteiger partial charge is 0.492 e. The van der Waals surface area contributed by atoms with Gasteiger partial charge in [-0.3, -0.25) is 0 Å². The fourth-order valence-electron chi connectivity index (χ4n) is 5.01. The summed E-state index contributed by atoms with van der Waals surface area (Å²) in [5, 5.41) is 12.6. The summed E-state index contributed by atoms with van der Waals surface area (Å²) in [4.78, 5) is 24.5. The van der Waals surface area contributed by atoms with Crippen molar-refractivity contribution in [2.45, 2.75) is 44.8 Å². The van der Waals surface area contributed by atoms with Crippen LogP contribution in [0.3, 0.4) is 0 Å². The van der Waals surface area contributed by atoms with Gasteiger partial charge in [-0.05, 0) is 79.2 Å². The zero-order valence-electron chi connectivity index (χ0n) is 22.9. The smallest absolute Gasteiger partial charge is 0.478 e. The second-order valence-electron chi connectivity index (χ2n) is 11.0. The van der Waals surface area contributed by atoms with Crippen LogP contribution >= 0.6 is 11.6 Å². The number of carbonyl (C=O) groups is 2. The first-order chi connectivity index (χ1) is 19.0. The van der Waals surface area contributed by atoms with E-state index in [-0.39, 0.29) is 24.6 Å². The minimum atomic E-state index is -1.07. The van der Waals surface area contributed by atoms with Crippen molar-refractivity contribution in [3.63, 3.8) is 0 Å². The molecule has 0 saturated carbocycles. The molecule has 9 heteroatoms. The van der Waals surface area contributed by atoms with Crippen LogP contribution in [-0.2, 0) is 14.0 Å². The summed E-state index contributed by atoms with van der Waals surface area (Å²) in [5.41, 5.74) is 4.45. The van der Waals surface area contributed by atoms with E-state index < -0.39 is 30.4 Å². The molecule has 206 valence electrons. The van der Waals surface area contributed by atoms with Crippen molar-refractivity contribution in [2.24, 2.45) is 0 Å². The highest BCUT2D eigenvalue weighted by Crippen LogP contribution is 2.44. The number of halogens is 1. The molecule has 2 N–H and O–H groups in total. The standard InChI is InChI=1S/C31H31BClNO6/c1-30(2)31(3,4)40-32(39-30)21(16-20-15-19(28(35)36)13-14-27(20)33)17-34-29(37)38-18-26-24-11-7-5-9-22(24)23-10-6-8-12-25(23)26/h5-16,26H,17-18H2,1-4H3,(H,34,37)(H,35,36). The summed E-state index contributed by atoms with van der Waals surface area (Å²) in [6, 6.07) is 20.7. The third-order valence-corrected chi connectivity index (χ3v) is 8.26. The molecule has 5 rings (SSSR count). The summed E-state index contributed by atoms with van der Waals surface area (Å²) in [5.74, 6) is -1.13. The Morgan fingerprint density at radius 1 is 0.975 bits per heavy atom. The molecule has 1 fully saturated rings. The average Bonchev–Trinajstić information content (AvgIpc) is 3.35. The topological polar surface area (TPSA) is 94.1 Å². The molecule has 3 aromatic rings. The monoisotopic (exact) mass is 559 g/mol. The van der Waals surface area contributed by atoms with Crippen LogP contribution in [0, 0.1) is 0 Å². The Morgan fingerprint density at radius 3 is 2.12 bits per heavy atom. The number of carboxylic acid groups (broad SMARTS) is 1. The lowest BCUT2D eigenvalue weighted by atomic mass is 9.77. The number of amides is 1. The van der Waals surface area contributed by atoms with Crippen molar-refractivity contribution in [1.82, 2.24) is 5.32 Å². The van der Waals surface area contributed by atoms with E-state index >= 15 is 0 Å². The van der Waals surface area contributed by atoms with Gasteiger partial charge in [0.25, 0.3) is 0 Å². The Hall–Kier alpha value is -3.59. The van der Waals surface area contributed by atoms with Gasteiger partial charge in [-0.1, -0.05) is 66.2 Å². The maximum Gasteiger partial charge on any atom is 0.492 e. The first kappa shape index (κ1) is 28.0. The molecular weight excluding hydrogens is 529 g/mol. The third-order valence-electron chi connectivity index (χ3n) is 7.92. The molecule has 2 aliphatic rings. The van der Waals surface area contributed by atoms with Gasteiger partial charge in [-0.2, -0.15) is 0 Å². The van der Waals surface area contributed by atoms with E-state index in [9.17, 15) is 14.7 Å². The van der Waals surface area contributed by atoms with Gasteiger partial charge < -0.3 is 24.5 Å². The number of benzene rings is 3. The molecule has 3 aromatic carbocycles. The minimum absolute atomic E-state index is 0.0428. The quantitative estimate of drug-likeness (QED) is 0.317. The molecule has 0 radical (unpaired) electrons. The first-order valence-corrected chi connectivity index (χ1v) is 13.5. The number of hydrogen-bond donors (Lipinski definition) is 2. The van der Waals surface area contributed by atoms with E-state index in [1.807, 2.05) is 52.0 Å². The van der Waals surface area contributed by atoms with Gasteiger partial charge in [-0.15, -0.1) is 0 Å². The number of ether oxygens (including phenoxy) is 1. The van der Waals surface area contributed by atoms with E-state index in [4.69, 9.17) is 25.6 Å². The predicted molar refractivity (Wildman–Crippen MR) is 156 cm³/mol. The molecule has 0 atom stereocenters. The van der Waals surface area contributed by atoms with E-state index in [0.29, 0.717) is 16.1 Å². The highest BCUT2D eigenvalue weighted by molar-refractivity contribution is 6.56. The fraction of sp³-hybridized carbons (Fsp3) is 0.290. The van der Waals surface area contributed by atoms with Crippen LogP contribution in [-0.4, -0.2) is 48.6 Å². The third kappa shape index (κ3) is 5.39. The summed E-state index contributed by atoms with van der Waals surface area (Å²) < 4.78 is 18.1. The van der Waals surface area contributed by atoms with Crippen LogP contribution in [0.15, 0.2) is 72.2 Å². The van der Waals surface area contributed by atoms with Crippen molar-refractivity contribution >= 4 is 36.9 Å². The lowest BCUT2D eigenvalue weighted by Gasteiger charge is -2.32. The van der Waals surface area contributed by atoms with E-state index in [1.54, 1.807) is 6.08 Å². The normalized spacial score (nSPS) is 17.3. The van der Waals surface area contributed by atoms with Crippen molar-refractivity contribution in [3.8, 4) is 11.1 Å². The second kappa shape index (κ2) is 10.8. The van der Waals surface area contributed by atoms with Crippen LogP contribution in [0.2, 0.25) is 5.02 Å². The summed E-state index contributed by atoms with van der Waals surface area (Å²) in [6.45, 7) is 7.95. The number of nitrogens with one attached hydrogen (secondary N) is 1. The van der Waals surface area contributed by atoms with Crippen LogP contribution in [0.4, 0.5) is 4.79 Å². The van der Waals surface area contributed by atoms with Gasteiger partial charge in [0.2, 0.25) is 0 Å². The van der Waals surface area contributed by atoms with Crippen molar-refractivity contribution in [1.29, 1.82) is 0 Å². The molecule has 7 nitrogen and oxygen atoms in total. The molecule has 0 spiro atoms. The molecule has 1 heterocycles. The number of aromatic carboxylic acids is 1. The highest BCUT2D eigenvalue weighted by atomic mass is 35.5. The number of carbonyl (C=O) groups excluding carboxylic acids is 1. The lowest BCUT2D eigenvalue weighted by molar-refractivity contribution is 0.00578. The Labute approximate surface area is 239 Å². The molecule has 1 aliphatic heterocycles. The zero-order valence-corrected chi connectivity index (χ0v) is 23.6. The van der Waals surface area contributed by atoms with Gasteiger partial charge in [0.05, 0.1) is 16.8 Å². The van der Waals surface area contributed by atoms with Gasteiger partial charge in [0.15, 0.2) is 0 Å². The van der Waals surface area contributed by atoms with Crippen molar-refractivity contribution in [3.05, 3.63) is 99.5 Å². The second-order valence-corrected chi connectivity index (χ2v) is 11.4.